The van der Waals surface area contributed by atoms with Crippen molar-refractivity contribution in [3.63, 3.8) is 0 Å². The first-order chi connectivity index (χ1) is 8.24. The molecule has 0 spiro atoms. The lowest BCUT2D eigenvalue weighted by atomic mass is 10.1. The van der Waals surface area contributed by atoms with Crippen LogP contribution in [0.5, 0.6) is 0 Å². The first-order valence-electron chi connectivity index (χ1n) is 6.85. The molecular weight excluding hydrogens is 232 g/mol. The van der Waals surface area contributed by atoms with E-state index in [0.717, 1.165) is 13.0 Å². The van der Waals surface area contributed by atoms with Gasteiger partial charge in [0.1, 0.15) is 0 Å². The third-order valence-corrected chi connectivity index (χ3v) is 4.23. The van der Waals surface area contributed by atoms with Gasteiger partial charge in [0.15, 0.2) is 0 Å². The van der Waals surface area contributed by atoms with Gasteiger partial charge in [0.25, 0.3) is 0 Å². The summed E-state index contributed by atoms with van der Waals surface area (Å²) in [6, 6.07) is 0.484. The Balaban J connectivity index is 2.12. The van der Waals surface area contributed by atoms with E-state index in [1.165, 1.54) is 37.2 Å². The summed E-state index contributed by atoms with van der Waals surface area (Å²) in [5.41, 5.74) is 0. The van der Waals surface area contributed by atoms with Crippen molar-refractivity contribution in [1.29, 1.82) is 0 Å². The maximum absolute atomic E-state index is 11.8. The SMILES string of the molecule is CCCCCNC(=O)C(C)NC1CCSCC1. The van der Waals surface area contributed by atoms with Gasteiger partial charge < -0.3 is 10.6 Å². The fourth-order valence-corrected chi connectivity index (χ4v) is 3.14. The van der Waals surface area contributed by atoms with Gasteiger partial charge in [-0.1, -0.05) is 19.8 Å². The van der Waals surface area contributed by atoms with Crippen LogP contribution in [0.3, 0.4) is 0 Å². The van der Waals surface area contributed by atoms with E-state index >= 15 is 0 Å². The van der Waals surface area contributed by atoms with Crippen LogP contribution in [0.25, 0.3) is 0 Å². The molecule has 1 atom stereocenters. The Morgan fingerprint density at radius 3 is 2.71 bits per heavy atom. The maximum atomic E-state index is 11.8. The molecule has 0 aliphatic carbocycles. The van der Waals surface area contributed by atoms with Crippen molar-refractivity contribution in [1.82, 2.24) is 10.6 Å². The summed E-state index contributed by atoms with van der Waals surface area (Å²) < 4.78 is 0. The van der Waals surface area contributed by atoms with Crippen molar-refractivity contribution < 1.29 is 4.79 Å². The summed E-state index contributed by atoms with van der Waals surface area (Å²) in [7, 11) is 0. The molecule has 0 bridgehead atoms. The first kappa shape index (κ1) is 14.8. The maximum Gasteiger partial charge on any atom is 0.236 e. The van der Waals surface area contributed by atoms with Crippen LogP contribution in [0.1, 0.15) is 46.0 Å². The van der Waals surface area contributed by atoms with Crippen LogP contribution < -0.4 is 10.6 Å². The largest absolute Gasteiger partial charge is 0.355 e. The normalized spacial score (nSPS) is 18.9. The average molecular weight is 258 g/mol. The molecule has 1 aliphatic heterocycles. The predicted octanol–water partition coefficient (Wildman–Crippen LogP) is 2.17. The van der Waals surface area contributed by atoms with E-state index in [2.05, 4.69) is 17.6 Å². The van der Waals surface area contributed by atoms with E-state index in [1.807, 2.05) is 18.7 Å². The molecular formula is C13H26N2OS. The van der Waals surface area contributed by atoms with Crippen molar-refractivity contribution in [2.45, 2.75) is 58.0 Å². The molecule has 2 N–H and O–H groups in total. The quantitative estimate of drug-likeness (QED) is 0.688. The molecule has 1 rings (SSSR count). The highest BCUT2D eigenvalue weighted by atomic mass is 32.2. The molecule has 0 aromatic carbocycles. The average Bonchev–Trinajstić information content (AvgIpc) is 2.35. The lowest BCUT2D eigenvalue weighted by Crippen LogP contribution is -2.47. The molecule has 4 heteroatoms. The van der Waals surface area contributed by atoms with Gasteiger partial charge in [0.2, 0.25) is 5.91 Å². The molecule has 0 aromatic rings. The van der Waals surface area contributed by atoms with E-state index in [9.17, 15) is 4.79 Å². The van der Waals surface area contributed by atoms with Crippen LogP contribution in [-0.2, 0) is 4.79 Å². The van der Waals surface area contributed by atoms with Crippen molar-refractivity contribution in [3.05, 3.63) is 0 Å². The van der Waals surface area contributed by atoms with E-state index in [0.29, 0.717) is 6.04 Å². The molecule has 1 amide bonds. The van der Waals surface area contributed by atoms with Crippen LogP contribution in [0.2, 0.25) is 0 Å². The van der Waals surface area contributed by atoms with Crippen molar-refractivity contribution in [3.8, 4) is 0 Å². The van der Waals surface area contributed by atoms with Gasteiger partial charge >= 0.3 is 0 Å². The summed E-state index contributed by atoms with van der Waals surface area (Å²) in [5.74, 6) is 2.60. The topological polar surface area (TPSA) is 41.1 Å². The Labute approximate surface area is 109 Å². The fourth-order valence-electron chi connectivity index (χ4n) is 2.03. The number of carbonyl (C=O) groups excluding carboxylic acids is 1. The Morgan fingerprint density at radius 2 is 2.06 bits per heavy atom. The number of unbranched alkanes of at least 4 members (excludes halogenated alkanes) is 2. The molecule has 1 unspecified atom stereocenters. The molecule has 0 aromatic heterocycles. The second-order valence-corrected chi connectivity index (χ2v) is 6.00. The molecule has 1 saturated heterocycles. The summed E-state index contributed by atoms with van der Waals surface area (Å²) in [4.78, 5) is 11.8. The molecule has 0 saturated carbocycles. The minimum absolute atomic E-state index is 0.0512. The molecule has 3 nitrogen and oxygen atoms in total. The monoisotopic (exact) mass is 258 g/mol. The molecule has 1 heterocycles. The van der Waals surface area contributed by atoms with Crippen LogP contribution in [-0.4, -0.2) is 36.0 Å². The number of nitrogens with one attached hydrogen (secondary N) is 2. The van der Waals surface area contributed by atoms with E-state index in [-0.39, 0.29) is 11.9 Å². The molecule has 1 aliphatic rings. The van der Waals surface area contributed by atoms with Crippen molar-refractivity contribution in [2.75, 3.05) is 18.1 Å². The zero-order valence-electron chi connectivity index (χ0n) is 11.1. The lowest BCUT2D eigenvalue weighted by molar-refractivity contribution is -0.122. The van der Waals surface area contributed by atoms with Crippen LogP contribution in [0, 0.1) is 0 Å². The van der Waals surface area contributed by atoms with Gasteiger partial charge in [-0.05, 0) is 37.7 Å². The summed E-state index contributed by atoms with van der Waals surface area (Å²) in [5, 5.41) is 6.43. The third-order valence-electron chi connectivity index (χ3n) is 3.18. The second kappa shape index (κ2) is 8.81. The highest BCUT2D eigenvalue weighted by molar-refractivity contribution is 7.99. The minimum atomic E-state index is -0.0512. The number of amides is 1. The Bertz CT molecular complexity index is 217. The van der Waals surface area contributed by atoms with Gasteiger partial charge in [0.05, 0.1) is 6.04 Å². The summed E-state index contributed by atoms with van der Waals surface area (Å²) in [6.45, 7) is 4.96. The summed E-state index contributed by atoms with van der Waals surface area (Å²) >= 11 is 2.01. The number of hydrogen-bond donors (Lipinski definition) is 2. The molecule has 1 fully saturated rings. The number of hydrogen-bond acceptors (Lipinski definition) is 3. The molecule has 17 heavy (non-hydrogen) atoms. The minimum Gasteiger partial charge on any atom is -0.355 e. The van der Waals surface area contributed by atoms with Crippen molar-refractivity contribution >= 4 is 17.7 Å². The van der Waals surface area contributed by atoms with E-state index < -0.39 is 0 Å². The number of rotatable bonds is 7. The van der Waals surface area contributed by atoms with Crippen molar-refractivity contribution in [2.24, 2.45) is 0 Å². The van der Waals surface area contributed by atoms with Crippen LogP contribution in [0.15, 0.2) is 0 Å². The fraction of sp³-hybridized carbons (Fsp3) is 0.923. The zero-order chi connectivity index (χ0) is 12.5. The number of thioether (sulfide) groups is 1. The molecule has 0 radical (unpaired) electrons. The number of carbonyl (C=O) groups is 1. The van der Waals surface area contributed by atoms with E-state index in [1.54, 1.807) is 0 Å². The third kappa shape index (κ3) is 6.32. The van der Waals surface area contributed by atoms with E-state index in [4.69, 9.17) is 0 Å². The Hall–Kier alpha value is -0.220. The molecule has 100 valence electrons. The lowest BCUT2D eigenvalue weighted by Gasteiger charge is -2.25. The van der Waals surface area contributed by atoms with Gasteiger partial charge in [-0.3, -0.25) is 4.79 Å². The van der Waals surface area contributed by atoms with Gasteiger partial charge in [0, 0.05) is 12.6 Å². The first-order valence-corrected chi connectivity index (χ1v) is 8.01. The summed E-state index contributed by atoms with van der Waals surface area (Å²) in [6.07, 6.45) is 5.87. The van der Waals surface area contributed by atoms with Crippen LogP contribution >= 0.6 is 11.8 Å². The second-order valence-electron chi connectivity index (χ2n) is 4.77. The highest BCUT2D eigenvalue weighted by Crippen LogP contribution is 2.17. The predicted molar refractivity (Wildman–Crippen MR) is 75.5 cm³/mol. The van der Waals surface area contributed by atoms with Gasteiger partial charge in [-0.25, -0.2) is 0 Å². The van der Waals surface area contributed by atoms with Crippen LogP contribution in [0.4, 0.5) is 0 Å². The smallest absolute Gasteiger partial charge is 0.236 e. The zero-order valence-corrected chi connectivity index (χ0v) is 11.9. The standard InChI is InChI=1S/C13H26N2OS/c1-3-4-5-8-14-13(16)11(2)15-12-6-9-17-10-7-12/h11-12,15H,3-10H2,1-2H3,(H,14,16). The van der Waals surface area contributed by atoms with Gasteiger partial charge in [-0.15, -0.1) is 0 Å². The van der Waals surface area contributed by atoms with Gasteiger partial charge in [-0.2, -0.15) is 11.8 Å². The highest BCUT2D eigenvalue weighted by Gasteiger charge is 2.19. The Morgan fingerprint density at radius 1 is 1.35 bits per heavy atom. The Kier molecular flexibility index (Phi) is 7.69.